The Hall–Kier alpha value is -1.94. The molecular weight excluding hydrogens is 1230 g/mol. The number of aliphatic hydroxyl groups is 1. The Labute approximate surface area is 575 Å². The molecule has 0 heterocycles. The zero-order valence-corrected chi connectivity index (χ0v) is 63.2. The molecule has 0 aliphatic heterocycles. The van der Waals surface area contributed by atoms with Crippen LogP contribution in [0.2, 0.25) is 0 Å². The van der Waals surface area contributed by atoms with Gasteiger partial charge >= 0.3 is 39.5 Å². The predicted molar refractivity (Wildman–Crippen MR) is 381 cm³/mol. The number of rotatable bonds is 73. The fourth-order valence-corrected chi connectivity index (χ4v) is 12.9. The number of unbranched alkanes of at least 4 members (excludes halogenated alkanes) is 39. The van der Waals surface area contributed by atoms with Gasteiger partial charge in [-0.15, -0.1) is 0 Å². The summed E-state index contributed by atoms with van der Waals surface area (Å²) in [5, 5.41) is 10.6. The highest BCUT2D eigenvalue weighted by molar-refractivity contribution is 7.47. The SMILES string of the molecule is CCCCCCCCCCCCCCCCCC(=O)OC[C@H](COP(=O)(O)OC[C@@H](O)COP(=O)(O)OC[C@@H](COC(=O)CCCCCCCCC(C)CC)OC(=O)CCCCCCCCCCCCC(C)CC)OC(=O)CCCCCCCCCCCCCCC(C)C. The van der Waals surface area contributed by atoms with E-state index in [0.29, 0.717) is 25.7 Å². The first-order valence-electron chi connectivity index (χ1n) is 38.9. The van der Waals surface area contributed by atoms with E-state index >= 15 is 0 Å². The Kier molecular flexibility index (Phi) is 64.3. The van der Waals surface area contributed by atoms with E-state index in [1.54, 1.807) is 0 Å². The van der Waals surface area contributed by atoms with Crippen molar-refractivity contribution in [3.63, 3.8) is 0 Å². The van der Waals surface area contributed by atoms with Crippen LogP contribution in [0.25, 0.3) is 0 Å². The van der Waals surface area contributed by atoms with Gasteiger partial charge in [0.05, 0.1) is 26.4 Å². The molecule has 0 aromatic rings. The average Bonchev–Trinajstić information content (AvgIpc) is 1.79. The molecule has 0 radical (unpaired) electrons. The molecular formula is C75H146O17P2. The number of esters is 4. The molecule has 94 heavy (non-hydrogen) atoms. The molecule has 0 aliphatic rings. The summed E-state index contributed by atoms with van der Waals surface area (Å²) < 4.78 is 68.5. The molecule has 0 aliphatic carbocycles. The number of ether oxygens (including phenoxy) is 4. The van der Waals surface area contributed by atoms with Gasteiger partial charge in [0.2, 0.25) is 0 Å². The molecule has 19 heteroatoms. The van der Waals surface area contributed by atoms with Crippen molar-refractivity contribution in [1.82, 2.24) is 0 Å². The average molecular weight is 1380 g/mol. The number of carbonyl (C=O) groups is 4. The molecule has 17 nitrogen and oxygen atoms in total. The molecule has 4 unspecified atom stereocenters. The quantitative estimate of drug-likeness (QED) is 0.0222. The second-order valence-corrected chi connectivity index (χ2v) is 30.9. The van der Waals surface area contributed by atoms with Gasteiger partial charge in [-0.2, -0.15) is 0 Å². The Bertz CT molecular complexity index is 1840. The van der Waals surface area contributed by atoms with Crippen LogP contribution in [0, 0.1) is 17.8 Å². The minimum absolute atomic E-state index is 0.105. The summed E-state index contributed by atoms with van der Waals surface area (Å²) in [5.41, 5.74) is 0. The molecule has 558 valence electrons. The fourth-order valence-electron chi connectivity index (χ4n) is 11.4. The van der Waals surface area contributed by atoms with Crippen molar-refractivity contribution in [3.05, 3.63) is 0 Å². The van der Waals surface area contributed by atoms with Crippen molar-refractivity contribution in [2.45, 2.75) is 401 Å². The van der Waals surface area contributed by atoms with E-state index in [1.165, 1.54) is 186 Å². The summed E-state index contributed by atoms with van der Waals surface area (Å²) in [5.74, 6) is 0.191. The van der Waals surface area contributed by atoms with Gasteiger partial charge in [0.25, 0.3) is 0 Å². The van der Waals surface area contributed by atoms with Gasteiger partial charge in [-0.3, -0.25) is 37.3 Å². The van der Waals surface area contributed by atoms with Gasteiger partial charge in [-0.05, 0) is 43.4 Å². The first-order chi connectivity index (χ1) is 45.3. The highest BCUT2D eigenvalue weighted by Gasteiger charge is 2.30. The van der Waals surface area contributed by atoms with E-state index < -0.39 is 97.5 Å². The lowest BCUT2D eigenvalue weighted by molar-refractivity contribution is -0.161. The summed E-state index contributed by atoms with van der Waals surface area (Å²) in [4.78, 5) is 72.8. The number of hydrogen-bond acceptors (Lipinski definition) is 15. The van der Waals surface area contributed by atoms with Gasteiger partial charge < -0.3 is 33.8 Å². The summed E-state index contributed by atoms with van der Waals surface area (Å²) in [6.45, 7) is 11.9. The maximum Gasteiger partial charge on any atom is 0.472 e. The largest absolute Gasteiger partial charge is 0.472 e. The molecule has 0 amide bonds. The fraction of sp³-hybridized carbons (Fsp3) is 0.947. The van der Waals surface area contributed by atoms with Crippen molar-refractivity contribution in [1.29, 1.82) is 0 Å². The van der Waals surface area contributed by atoms with Gasteiger partial charge in [-0.1, -0.05) is 331 Å². The normalized spacial score (nSPS) is 14.7. The summed E-state index contributed by atoms with van der Waals surface area (Å²) in [7, 11) is -9.91. The van der Waals surface area contributed by atoms with Crippen LogP contribution in [0.4, 0.5) is 0 Å². The molecule has 3 N–H and O–H groups in total. The van der Waals surface area contributed by atoms with Crippen LogP contribution in [0.3, 0.4) is 0 Å². The monoisotopic (exact) mass is 1380 g/mol. The van der Waals surface area contributed by atoms with Crippen molar-refractivity contribution in [2.24, 2.45) is 17.8 Å². The van der Waals surface area contributed by atoms with Crippen LogP contribution in [-0.2, 0) is 65.4 Å². The topological polar surface area (TPSA) is 237 Å². The van der Waals surface area contributed by atoms with Crippen LogP contribution < -0.4 is 0 Å². The third kappa shape index (κ3) is 66.0. The van der Waals surface area contributed by atoms with E-state index in [0.717, 1.165) is 114 Å². The maximum atomic E-state index is 13.1. The number of phosphoric acid groups is 2. The van der Waals surface area contributed by atoms with Crippen molar-refractivity contribution in [2.75, 3.05) is 39.6 Å². The van der Waals surface area contributed by atoms with Crippen molar-refractivity contribution in [3.8, 4) is 0 Å². The Morgan fingerprint density at radius 3 is 0.809 bits per heavy atom. The van der Waals surface area contributed by atoms with Gasteiger partial charge in [-0.25, -0.2) is 9.13 Å². The number of phosphoric ester groups is 2. The standard InChI is InChI=1S/C75H146O17P2/c1-8-11-12-13-14-15-16-17-18-19-23-29-34-42-49-56-72(77)85-62-70(91-74(79)58-51-44-35-30-24-21-20-22-27-32-39-46-53-66(4)5)64-89-93(81,82)87-60-69(76)61-88-94(83,84)90-65-71(63-86-73(78)57-50-43-38-37-41-48-55-68(7)10-3)92-75(80)59-52-45-36-31-26-25-28-33-40-47-54-67(6)9-2/h66-71,76H,8-65H2,1-7H3,(H,81,82)(H,83,84)/t67?,68?,69-,70-,71-/m1/s1. The lowest BCUT2D eigenvalue weighted by atomic mass is 9.99. The predicted octanol–water partition coefficient (Wildman–Crippen LogP) is 21.8. The third-order valence-electron chi connectivity index (χ3n) is 18.1. The minimum Gasteiger partial charge on any atom is -0.462 e. The molecule has 7 atom stereocenters. The number of hydrogen-bond donors (Lipinski definition) is 3. The Morgan fingerprint density at radius 1 is 0.309 bits per heavy atom. The maximum absolute atomic E-state index is 13.1. The van der Waals surface area contributed by atoms with E-state index in [2.05, 4.69) is 48.5 Å². The lowest BCUT2D eigenvalue weighted by Gasteiger charge is -2.21. The van der Waals surface area contributed by atoms with Crippen LogP contribution in [0.5, 0.6) is 0 Å². The lowest BCUT2D eigenvalue weighted by Crippen LogP contribution is -2.30. The summed E-state index contributed by atoms with van der Waals surface area (Å²) in [6.07, 6.45) is 51.2. The third-order valence-corrected chi connectivity index (χ3v) is 20.0. The van der Waals surface area contributed by atoms with E-state index in [-0.39, 0.29) is 25.7 Å². The first kappa shape index (κ1) is 92.1. The molecule has 0 aromatic carbocycles. The minimum atomic E-state index is -4.96. The molecule has 0 saturated carbocycles. The highest BCUT2D eigenvalue weighted by atomic mass is 31.2. The van der Waals surface area contributed by atoms with Gasteiger partial charge in [0.15, 0.2) is 12.2 Å². The summed E-state index contributed by atoms with van der Waals surface area (Å²) >= 11 is 0. The molecule has 0 bridgehead atoms. The summed E-state index contributed by atoms with van der Waals surface area (Å²) in [6, 6.07) is 0. The molecule has 0 saturated heterocycles. The Balaban J connectivity index is 5.27. The zero-order chi connectivity index (χ0) is 69.4. The van der Waals surface area contributed by atoms with Gasteiger partial charge in [0.1, 0.15) is 19.3 Å². The van der Waals surface area contributed by atoms with Crippen molar-refractivity contribution < 1.29 is 80.2 Å². The first-order valence-corrected chi connectivity index (χ1v) is 41.9. The molecule has 0 spiro atoms. The van der Waals surface area contributed by atoms with E-state index in [4.69, 9.17) is 37.0 Å². The Morgan fingerprint density at radius 2 is 0.543 bits per heavy atom. The smallest absolute Gasteiger partial charge is 0.462 e. The zero-order valence-electron chi connectivity index (χ0n) is 61.4. The molecule has 0 aromatic heterocycles. The van der Waals surface area contributed by atoms with Crippen molar-refractivity contribution >= 4 is 39.5 Å². The second-order valence-electron chi connectivity index (χ2n) is 28.0. The van der Waals surface area contributed by atoms with Crippen LogP contribution >= 0.6 is 15.6 Å². The number of aliphatic hydroxyl groups excluding tert-OH is 1. The van der Waals surface area contributed by atoms with Crippen LogP contribution in [0.15, 0.2) is 0 Å². The molecule has 0 rings (SSSR count). The van der Waals surface area contributed by atoms with E-state index in [9.17, 15) is 43.2 Å². The molecule has 0 fully saturated rings. The number of carbonyl (C=O) groups excluding carboxylic acids is 4. The van der Waals surface area contributed by atoms with Gasteiger partial charge in [0, 0.05) is 25.7 Å². The van der Waals surface area contributed by atoms with Crippen LogP contribution in [0.1, 0.15) is 382 Å². The second kappa shape index (κ2) is 65.7. The highest BCUT2D eigenvalue weighted by Crippen LogP contribution is 2.45. The van der Waals surface area contributed by atoms with Crippen LogP contribution in [-0.4, -0.2) is 96.7 Å². The van der Waals surface area contributed by atoms with E-state index in [1.807, 2.05) is 0 Å².